The predicted octanol–water partition coefficient (Wildman–Crippen LogP) is -4.39. The number of amides is 5. The Bertz CT molecular complexity index is 894. The summed E-state index contributed by atoms with van der Waals surface area (Å²) in [7, 11) is 0. The van der Waals surface area contributed by atoms with Crippen LogP contribution in [-0.2, 0) is 24.0 Å². The molecule has 2 aliphatic heterocycles. The highest BCUT2D eigenvalue weighted by Crippen LogP contribution is 2.06. The third-order valence-corrected chi connectivity index (χ3v) is 7.03. The van der Waals surface area contributed by atoms with Gasteiger partial charge in [0.1, 0.15) is 0 Å². The summed E-state index contributed by atoms with van der Waals surface area (Å²) in [5.74, 6) is -1.20. The highest BCUT2D eigenvalue weighted by molar-refractivity contribution is 6.12. The molecule has 0 unspecified atom stereocenters. The molecule has 0 radical (unpaired) electrons. The third-order valence-electron chi connectivity index (χ3n) is 7.03. The van der Waals surface area contributed by atoms with Crippen LogP contribution in [0.25, 0.3) is 0 Å². The molecule has 2 heterocycles. The van der Waals surface area contributed by atoms with Gasteiger partial charge >= 0.3 is 0 Å². The summed E-state index contributed by atoms with van der Waals surface area (Å²) in [5, 5.41) is 22.2. The Morgan fingerprint density at radius 1 is 0.780 bits per heavy atom. The van der Waals surface area contributed by atoms with E-state index in [0.29, 0.717) is 78.3 Å². The van der Waals surface area contributed by atoms with Crippen LogP contribution in [0.15, 0.2) is 12.2 Å². The van der Waals surface area contributed by atoms with Gasteiger partial charge < -0.3 is 48.7 Å². The average Bonchev–Trinajstić information content (AvgIpc) is 3.25. The molecule has 2 aliphatic rings. The summed E-state index contributed by atoms with van der Waals surface area (Å²) in [6, 6.07) is 0. The summed E-state index contributed by atoms with van der Waals surface area (Å²) in [6.45, 7) is 6.95. The summed E-state index contributed by atoms with van der Waals surface area (Å²) in [4.78, 5) is 60.9. The highest BCUT2D eigenvalue weighted by Gasteiger charge is 2.31. The van der Waals surface area contributed by atoms with Crippen LogP contribution >= 0.6 is 0 Å². The number of imide groups is 1. The Kier molecular flexibility index (Phi) is 14.8. The van der Waals surface area contributed by atoms with E-state index in [4.69, 9.17) is 11.5 Å². The van der Waals surface area contributed by atoms with Gasteiger partial charge in [-0.25, -0.2) is 0 Å². The fourth-order valence-electron chi connectivity index (χ4n) is 4.70. The van der Waals surface area contributed by atoms with Crippen molar-refractivity contribution in [3.63, 3.8) is 0 Å². The fraction of sp³-hybridized carbons (Fsp3) is 0.731. The second-order valence-electron chi connectivity index (χ2n) is 10.6. The monoisotopic (exact) mass is 580 g/mol. The van der Waals surface area contributed by atoms with Crippen molar-refractivity contribution in [2.45, 2.75) is 43.7 Å². The molecule has 0 aromatic carbocycles. The largest absolute Gasteiger partial charge is 0.356 e. The molecule has 2 rings (SSSR count). The Labute approximate surface area is 241 Å². The Hall–Kier alpha value is -2.95. The standard InChI is InChI=1S/C26H48N10O5/c1-20(37)34-25(14-27)16-29-9-11-31-18-26(15-28,19-32-12-10-30-17-25)35-22(39)5-2-4-21(38)33-8-3-13-36-23(40)6-7-24(36)41/h6-7,29-32H,2-5,8-19,27-28H2,1H3,(H,33,38)(H,34,37)(H,35,39). The number of rotatable bonds is 12. The minimum absolute atomic E-state index is 0.135. The van der Waals surface area contributed by atoms with Crippen molar-refractivity contribution < 1.29 is 24.0 Å². The van der Waals surface area contributed by atoms with E-state index in [1.807, 2.05) is 0 Å². The van der Waals surface area contributed by atoms with E-state index in [9.17, 15) is 24.0 Å². The van der Waals surface area contributed by atoms with E-state index in [1.165, 1.54) is 19.1 Å². The zero-order valence-electron chi connectivity index (χ0n) is 24.1. The van der Waals surface area contributed by atoms with E-state index in [2.05, 4.69) is 37.2 Å². The number of carbonyl (C=O) groups excluding carboxylic acids is 5. The molecule has 1 fully saturated rings. The summed E-state index contributed by atoms with van der Waals surface area (Å²) >= 11 is 0. The van der Waals surface area contributed by atoms with Crippen molar-refractivity contribution in [1.29, 1.82) is 0 Å². The summed E-state index contributed by atoms with van der Waals surface area (Å²) in [6.07, 6.45) is 3.65. The average molecular weight is 581 g/mol. The zero-order chi connectivity index (χ0) is 30.1. The number of carbonyl (C=O) groups is 5. The molecular formula is C26H48N10O5. The molecule has 15 nitrogen and oxygen atoms in total. The van der Waals surface area contributed by atoms with Gasteiger partial charge in [0, 0.05) is 110 Å². The Morgan fingerprint density at radius 2 is 1.24 bits per heavy atom. The molecule has 11 N–H and O–H groups in total. The number of nitrogens with two attached hydrogens (primary N) is 2. The van der Waals surface area contributed by atoms with Crippen LogP contribution < -0.4 is 48.7 Å². The lowest BCUT2D eigenvalue weighted by molar-refractivity contribution is -0.136. The molecule has 0 saturated carbocycles. The van der Waals surface area contributed by atoms with Crippen LogP contribution in [0.2, 0.25) is 0 Å². The van der Waals surface area contributed by atoms with Gasteiger partial charge in [0.2, 0.25) is 17.7 Å². The van der Waals surface area contributed by atoms with Gasteiger partial charge in [0.25, 0.3) is 11.8 Å². The van der Waals surface area contributed by atoms with E-state index < -0.39 is 11.1 Å². The second-order valence-corrected chi connectivity index (χ2v) is 10.6. The minimum Gasteiger partial charge on any atom is -0.356 e. The summed E-state index contributed by atoms with van der Waals surface area (Å²) in [5.41, 5.74) is 10.8. The van der Waals surface area contributed by atoms with E-state index >= 15 is 0 Å². The molecule has 15 heteroatoms. The van der Waals surface area contributed by atoms with Gasteiger partial charge in [-0.3, -0.25) is 28.9 Å². The smallest absolute Gasteiger partial charge is 0.253 e. The number of nitrogens with zero attached hydrogens (tertiary/aromatic N) is 1. The first-order valence-electron chi connectivity index (χ1n) is 14.3. The van der Waals surface area contributed by atoms with Crippen LogP contribution in [0, 0.1) is 0 Å². The van der Waals surface area contributed by atoms with Gasteiger partial charge in [-0.05, 0) is 12.8 Å². The maximum atomic E-state index is 12.8. The number of hydrogen-bond donors (Lipinski definition) is 9. The Morgan fingerprint density at radius 3 is 1.71 bits per heavy atom. The molecule has 0 bridgehead atoms. The topological polar surface area (TPSA) is 225 Å². The second kappa shape index (κ2) is 17.8. The molecule has 0 atom stereocenters. The molecule has 0 spiro atoms. The molecule has 0 aliphatic carbocycles. The normalized spacial score (nSPS) is 24.5. The van der Waals surface area contributed by atoms with E-state index in [1.54, 1.807) is 0 Å². The molecule has 1 saturated heterocycles. The number of nitrogens with one attached hydrogen (secondary N) is 7. The lowest BCUT2D eigenvalue weighted by Gasteiger charge is -2.36. The highest BCUT2D eigenvalue weighted by atomic mass is 16.2. The first kappa shape index (κ1) is 34.3. The number of hydrogen-bond acceptors (Lipinski definition) is 11. The predicted molar refractivity (Wildman–Crippen MR) is 154 cm³/mol. The van der Waals surface area contributed by atoms with Crippen LogP contribution in [0.4, 0.5) is 0 Å². The molecular weight excluding hydrogens is 532 g/mol. The third kappa shape index (κ3) is 12.2. The molecule has 5 amide bonds. The van der Waals surface area contributed by atoms with Gasteiger partial charge in [0.05, 0.1) is 11.1 Å². The Balaban J connectivity index is 1.75. The van der Waals surface area contributed by atoms with Gasteiger partial charge in [-0.2, -0.15) is 0 Å². The van der Waals surface area contributed by atoms with E-state index in [-0.39, 0.29) is 55.5 Å². The van der Waals surface area contributed by atoms with Crippen LogP contribution in [0.5, 0.6) is 0 Å². The van der Waals surface area contributed by atoms with Crippen molar-refractivity contribution in [1.82, 2.24) is 42.1 Å². The van der Waals surface area contributed by atoms with Crippen LogP contribution in [0.3, 0.4) is 0 Å². The van der Waals surface area contributed by atoms with Gasteiger partial charge in [-0.1, -0.05) is 0 Å². The first-order chi connectivity index (χ1) is 19.6. The van der Waals surface area contributed by atoms with Gasteiger partial charge in [0.15, 0.2) is 0 Å². The van der Waals surface area contributed by atoms with Gasteiger partial charge in [-0.15, -0.1) is 0 Å². The van der Waals surface area contributed by atoms with Crippen LogP contribution in [-0.4, -0.2) is 124 Å². The van der Waals surface area contributed by atoms with Crippen molar-refractivity contribution in [2.75, 3.05) is 78.5 Å². The first-order valence-corrected chi connectivity index (χ1v) is 14.3. The van der Waals surface area contributed by atoms with Crippen molar-refractivity contribution in [2.24, 2.45) is 11.5 Å². The molecule has 0 aromatic rings. The van der Waals surface area contributed by atoms with Crippen LogP contribution in [0.1, 0.15) is 32.6 Å². The molecule has 41 heavy (non-hydrogen) atoms. The molecule has 232 valence electrons. The SMILES string of the molecule is CC(=O)NC1(CN)CNCCNCC(CN)(NC(=O)CCCC(=O)NCCCN2C(=O)C=CC2=O)CNCCNC1. The lowest BCUT2D eigenvalue weighted by atomic mass is 9.98. The van der Waals surface area contributed by atoms with Crippen molar-refractivity contribution in [3.8, 4) is 0 Å². The fourth-order valence-corrected chi connectivity index (χ4v) is 4.70. The summed E-state index contributed by atoms with van der Waals surface area (Å²) < 4.78 is 0. The maximum Gasteiger partial charge on any atom is 0.253 e. The van der Waals surface area contributed by atoms with Crippen molar-refractivity contribution in [3.05, 3.63) is 12.2 Å². The lowest BCUT2D eigenvalue weighted by Crippen LogP contribution is -2.66. The zero-order valence-corrected chi connectivity index (χ0v) is 24.1. The maximum absolute atomic E-state index is 12.8. The minimum atomic E-state index is -0.708. The quantitative estimate of drug-likeness (QED) is 0.0791. The van der Waals surface area contributed by atoms with Crippen molar-refractivity contribution >= 4 is 29.5 Å². The molecule has 0 aromatic heterocycles. The van der Waals surface area contributed by atoms with E-state index in [0.717, 1.165) is 4.90 Å².